The first kappa shape index (κ1) is 22.3. The number of aliphatic imine (C=N–C) groups is 1. The van der Waals surface area contributed by atoms with Crippen molar-refractivity contribution in [3.05, 3.63) is 29.8 Å². The number of anilines is 1. The van der Waals surface area contributed by atoms with Gasteiger partial charge in [0.2, 0.25) is 0 Å². The lowest BCUT2D eigenvalue weighted by molar-refractivity contribution is -0.132. The van der Waals surface area contributed by atoms with E-state index in [1.807, 2.05) is 0 Å². The molecule has 1 aliphatic rings. The van der Waals surface area contributed by atoms with E-state index >= 15 is 0 Å². The second kappa shape index (κ2) is 11.1. The molecule has 1 fully saturated rings. The van der Waals surface area contributed by atoms with Crippen LogP contribution in [0.1, 0.15) is 24.8 Å². The van der Waals surface area contributed by atoms with Gasteiger partial charge in [-0.15, -0.1) is 0 Å². The van der Waals surface area contributed by atoms with Gasteiger partial charge >= 0.3 is 6.18 Å². The molecule has 1 saturated heterocycles. The lowest BCUT2D eigenvalue weighted by atomic mass is 10.2. The van der Waals surface area contributed by atoms with Gasteiger partial charge in [-0.25, -0.2) is 0 Å². The van der Waals surface area contributed by atoms with Gasteiger partial charge in [-0.1, -0.05) is 12.1 Å². The van der Waals surface area contributed by atoms with Crippen LogP contribution >= 0.6 is 0 Å². The maximum atomic E-state index is 12.2. The van der Waals surface area contributed by atoms with Crippen LogP contribution in [0, 0.1) is 6.92 Å². The number of rotatable bonds is 8. The summed E-state index contributed by atoms with van der Waals surface area (Å²) in [4.78, 5) is 8.86. The number of hydrogen-bond donors (Lipinski definition) is 2. The first-order valence-corrected chi connectivity index (χ1v) is 9.92. The Bertz CT molecular complexity index is 610. The fourth-order valence-corrected chi connectivity index (χ4v) is 3.26. The Kier molecular flexibility index (Phi) is 8.89. The number of hydrogen-bond acceptors (Lipinski definition) is 3. The second-order valence-electron chi connectivity index (χ2n) is 7.17. The Morgan fingerprint density at radius 3 is 2.43 bits per heavy atom. The van der Waals surface area contributed by atoms with Crippen LogP contribution in [-0.4, -0.2) is 69.9 Å². The third kappa shape index (κ3) is 8.37. The molecule has 1 heterocycles. The maximum Gasteiger partial charge on any atom is 0.390 e. The molecule has 0 saturated carbocycles. The van der Waals surface area contributed by atoms with E-state index in [-0.39, 0.29) is 6.54 Å². The number of guanidine groups is 1. The van der Waals surface area contributed by atoms with E-state index in [4.69, 9.17) is 0 Å². The van der Waals surface area contributed by atoms with Gasteiger partial charge < -0.3 is 15.5 Å². The average molecular weight is 400 g/mol. The number of halogens is 3. The average Bonchev–Trinajstić information content (AvgIpc) is 2.66. The van der Waals surface area contributed by atoms with Gasteiger partial charge in [-0.05, 0) is 44.0 Å². The lowest BCUT2D eigenvalue weighted by Gasteiger charge is -2.36. The molecule has 0 radical (unpaired) electrons. The summed E-state index contributed by atoms with van der Waals surface area (Å²) in [6, 6.07) is 8.63. The van der Waals surface area contributed by atoms with E-state index in [9.17, 15) is 13.2 Å². The van der Waals surface area contributed by atoms with Gasteiger partial charge in [0.15, 0.2) is 5.96 Å². The summed E-state index contributed by atoms with van der Waals surface area (Å²) in [6.07, 6.45) is -2.99. The molecule has 0 bridgehead atoms. The van der Waals surface area contributed by atoms with Crippen LogP contribution in [0.4, 0.5) is 18.9 Å². The summed E-state index contributed by atoms with van der Waals surface area (Å²) in [7, 11) is 1.57. The van der Waals surface area contributed by atoms with Crippen LogP contribution in [0.5, 0.6) is 0 Å². The quantitative estimate of drug-likeness (QED) is 0.401. The fraction of sp³-hybridized carbons (Fsp3) is 0.650. The minimum absolute atomic E-state index is 0.158. The fourth-order valence-electron chi connectivity index (χ4n) is 3.26. The molecule has 28 heavy (non-hydrogen) atoms. The number of nitrogens with one attached hydrogen (secondary N) is 2. The zero-order valence-electron chi connectivity index (χ0n) is 16.9. The topological polar surface area (TPSA) is 42.9 Å². The van der Waals surface area contributed by atoms with Crippen LogP contribution in [-0.2, 0) is 0 Å². The molecular weight excluding hydrogens is 367 g/mol. The number of unbranched alkanes of at least 4 members (excludes halogenated alkanes) is 1. The molecule has 2 N–H and O–H groups in total. The zero-order chi connectivity index (χ0) is 20.4. The molecular formula is C20H32F3N5. The van der Waals surface area contributed by atoms with Gasteiger partial charge in [0.1, 0.15) is 0 Å². The first-order valence-electron chi connectivity index (χ1n) is 9.92. The molecule has 5 nitrogen and oxygen atoms in total. The Morgan fingerprint density at radius 2 is 1.79 bits per heavy atom. The van der Waals surface area contributed by atoms with E-state index < -0.39 is 12.6 Å². The van der Waals surface area contributed by atoms with E-state index in [1.165, 1.54) is 11.3 Å². The molecule has 1 aliphatic heterocycles. The van der Waals surface area contributed by atoms with Crippen molar-refractivity contribution in [1.29, 1.82) is 0 Å². The van der Waals surface area contributed by atoms with Gasteiger partial charge in [-0.2, -0.15) is 13.2 Å². The van der Waals surface area contributed by atoms with Gasteiger partial charge in [0.05, 0.1) is 6.42 Å². The number of piperazine rings is 1. The molecule has 0 aromatic heterocycles. The lowest BCUT2D eigenvalue weighted by Crippen LogP contribution is -2.46. The summed E-state index contributed by atoms with van der Waals surface area (Å²) < 4.78 is 36.5. The minimum atomic E-state index is -4.14. The van der Waals surface area contributed by atoms with Crippen molar-refractivity contribution in [1.82, 2.24) is 15.5 Å². The molecule has 0 aliphatic carbocycles. The Balaban J connectivity index is 1.55. The van der Waals surface area contributed by atoms with Crippen molar-refractivity contribution in [2.24, 2.45) is 4.99 Å². The standard InChI is InChI=1S/C20H32F3N5/c1-17-6-5-7-18(16-17)28-14-12-27(13-15-28)11-4-3-9-25-19(24-2)26-10-8-20(21,22)23/h5-7,16H,3-4,8-15H2,1-2H3,(H2,24,25,26). The number of alkyl halides is 3. The highest BCUT2D eigenvalue weighted by Gasteiger charge is 2.26. The van der Waals surface area contributed by atoms with Gasteiger partial charge in [-0.3, -0.25) is 9.89 Å². The summed E-state index contributed by atoms with van der Waals surface area (Å²) in [5, 5.41) is 5.77. The molecule has 2 rings (SSSR count). The Morgan fingerprint density at radius 1 is 1.07 bits per heavy atom. The van der Waals surface area contributed by atoms with Crippen molar-refractivity contribution in [3.8, 4) is 0 Å². The van der Waals surface area contributed by atoms with Crippen molar-refractivity contribution < 1.29 is 13.2 Å². The molecule has 158 valence electrons. The molecule has 8 heteroatoms. The molecule has 0 unspecified atom stereocenters. The van der Waals surface area contributed by atoms with E-state index in [2.05, 4.69) is 56.6 Å². The third-order valence-electron chi connectivity index (χ3n) is 4.86. The maximum absolute atomic E-state index is 12.2. The molecule has 0 amide bonds. The molecule has 0 spiro atoms. The highest BCUT2D eigenvalue weighted by atomic mass is 19.4. The Hall–Kier alpha value is -1.96. The largest absolute Gasteiger partial charge is 0.390 e. The van der Waals surface area contributed by atoms with Gasteiger partial charge in [0, 0.05) is 52.0 Å². The van der Waals surface area contributed by atoms with Gasteiger partial charge in [0.25, 0.3) is 0 Å². The SMILES string of the molecule is CN=C(NCCCCN1CCN(c2cccc(C)c2)CC1)NCCC(F)(F)F. The van der Waals surface area contributed by atoms with E-state index in [0.717, 1.165) is 45.6 Å². The van der Waals surface area contributed by atoms with E-state index in [0.29, 0.717) is 12.5 Å². The number of aryl methyl sites for hydroxylation is 1. The third-order valence-corrected chi connectivity index (χ3v) is 4.86. The number of nitrogens with zero attached hydrogens (tertiary/aromatic N) is 3. The van der Waals surface area contributed by atoms with Crippen LogP contribution in [0.3, 0.4) is 0 Å². The van der Waals surface area contributed by atoms with Crippen LogP contribution in [0.2, 0.25) is 0 Å². The van der Waals surface area contributed by atoms with E-state index in [1.54, 1.807) is 7.05 Å². The summed E-state index contributed by atoms with van der Waals surface area (Å²) >= 11 is 0. The molecule has 1 aromatic carbocycles. The Labute approximate surface area is 166 Å². The van der Waals surface area contributed by atoms with Crippen molar-refractivity contribution in [2.75, 3.05) is 57.8 Å². The predicted octanol–water partition coefficient (Wildman–Crippen LogP) is 3.01. The van der Waals surface area contributed by atoms with Crippen LogP contribution < -0.4 is 15.5 Å². The molecule has 1 aromatic rings. The smallest absolute Gasteiger partial charge is 0.369 e. The predicted molar refractivity (Wildman–Crippen MR) is 109 cm³/mol. The summed E-state index contributed by atoms with van der Waals surface area (Å²) in [5.74, 6) is 0.427. The first-order chi connectivity index (χ1) is 13.4. The van der Waals surface area contributed by atoms with Crippen LogP contribution in [0.25, 0.3) is 0 Å². The highest BCUT2D eigenvalue weighted by molar-refractivity contribution is 5.79. The summed E-state index contributed by atoms with van der Waals surface area (Å²) in [5.41, 5.74) is 2.59. The van der Waals surface area contributed by atoms with Crippen molar-refractivity contribution in [2.45, 2.75) is 32.4 Å². The highest BCUT2D eigenvalue weighted by Crippen LogP contribution is 2.18. The normalized spacial score (nSPS) is 16.3. The second-order valence-corrected chi connectivity index (χ2v) is 7.17. The van der Waals surface area contributed by atoms with Crippen LogP contribution in [0.15, 0.2) is 29.3 Å². The summed E-state index contributed by atoms with van der Waals surface area (Å²) in [6.45, 7) is 7.90. The monoisotopic (exact) mass is 399 g/mol. The minimum Gasteiger partial charge on any atom is -0.369 e. The van der Waals surface area contributed by atoms with Crippen molar-refractivity contribution in [3.63, 3.8) is 0 Å². The zero-order valence-corrected chi connectivity index (χ0v) is 16.9. The molecule has 0 atom stereocenters. The number of benzene rings is 1. The van der Waals surface area contributed by atoms with Crippen molar-refractivity contribution >= 4 is 11.6 Å².